The van der Waals surface area contributed by atoms with Crippen molar-refractivity contribution in [2.24, 2.45) is 0 Å². The van der Waals surface area contributed by atoms with Gasteiger partial charge in [0.05, 0.1) is 0 Å². The SMILES string of the molecule is CCCNC(Cc1cc(C)cc(C)c1)C(C)(C)N(C)C. The van der Waals surface area contributed by atoms with E-state index in [9.17, 15) is 0 Å². The molecule has 0 aliphatic carbocycles. The first-order valence-corrected chi connectivity index (χ1v) is 7.75. The van der Waals surface area contributed by atoms with Crippen LogP contribution < -0.4 is 5.32 Å². The predicted octanol–water partition coefficient (Wildman–Crippen LogP) is 3.55. The van der Waals surface area contributed by atoms with E-state index in [1.807, 2.05) is 0 Å². The number of hydrogen-bond acceptors (Lipinski definition) is 2. The van der Waals surface area contributed by atoms with E-state index in [-0.39, 0.29) is 5.54 Å². The van der Waals surface area contributed by atoms with Crippen molar-refractivity contribution in [1.82, 2.24) is 10.2 Å². The van der Waals surface area contributed by atoms with Crippen molar-refractivity contribution >= 4 is 0 Å². The largest absolute Gasteiger partial charge is 0.312 e. The fourth-order valence-corrected chi connectivity index (χ4v) is 2.62. The molecule has 1 N–H and O–H groups in total. The van der Waals surface area contributed by atoms with Gasteiger partial charge in [-0.25, -0.2) is 0 Å². The molecule has 114 valence electrons. The standard InChI is InChI=1S/C18H32N2/c1-8-9-19-17(18(4,5)20(6)7)13-16-11-14(2)10-15(3)12-16/h10-12,17,19H,8-9,13H2,1-7H3. The van der Waals surface area contributed by atoms with E-state index in [0.29, 0.717) is 6.04 Å². The fourth-order valence-electron chi connectivity index (χ4n) is 2.62. The number of nitrogens with zero attached hydrogens (tertiary/aromatic N) is 1. The van der Waals surface area contributed by atoms with Crippen LogP contribution >= 0.6 is 0 Å². The Labute approximate surface area is 125 Å². The first-order chi connectivity index (χ1) is 9.27. The third kappa shape index (κ3) is 4.60. The Bertz CT molecular complexity index is 401. The zero-order chi connectivity index (χ0) is 15.3. The summed E-state index contributed by atoms with van der Waals surface area (Å²) < 4.78 is 0. The van der Waals surface area contributed by atoms with Crippen LogP contribution in [0.2, 0.25) is 0 Å². The lowest BCUT2D eigenvalue weighted by atomic mass is 9.87. The summed E-state index contributed by atoms with van der Waals surface area (Å²) in [6.07, 6.45) is 2.25. The van der Waals surface area contributed by atoms with Gasteiger partial charge in [0.25, 0.3) is 0 Å². The number of rotatable bonds is 7. The summed E-state index contributed by atoms with van der Waals surface area (Å²) >= 11 is 0. The average molecular weight is 276 g/mol. The molecule has 1 aromatic carbocycles. The van der Waals surface area contributed by atoms with Crippen LogP contribution in [0.4, 0.5) is 0 Å². The first-order valence-electron chi connectivity index (χ1n) is 7.75. The molecule has 0 fully saturated rings. The second kappa shape index (κ2) is 7.24. The topological polar surface area (TPSA) is 15.3 Å². The zero-order valence-electron chi connectivity index (χ0n) is 14.4. The number of benzene rings is 1. The summed E-state index contributed by atoms with van der Waals surface area (Å²) in [6, 6.07) is 7.34. The highest BCUT2D eigenvalue weighted by Crippen LogP contribution is 2.21. The van der Waals surface area contributed by atoms with Crippen LogP contribution in [-0.2, 0) is 6.42 Å². The van der Waals surface area contributed by atoms with Gasteiger partial charge in [-0.15, -0.1) is 0 Å². The molecule has 1 atom stereocenters. The van der Waals surface area contributed by atoms with Crippen molar-refractivity contribution in [3.63, 3.8) is 0 Å². The quantitative estimate of drug-likeness (QED) is 0.819. The number of likely N-dealkylation sites (N-methyl/N-ethyl adjacent to an activating group) is 1. The van der Waals surface area contributed by atoms with E-state index >= 15 is 0 Å². The minimum atomic E-state index is 0.132. The Hall–Kier alpha value is -0.860. The van der Waals surface area contributed by atoms with Gasteiger partial charge < -0.3 is 10.2 Å². The van der Waals surface area contributed by atoms with Crippen LogP contribution in [0.1, 0.15) is 43.9 Å². The molecule has 0 spiro atoms. The van der Waals surface area contributed by atoms with E-state index < -0.39 is 0 Å². The average Bonchev–Trinajstić information content (AvgIpc) is 2.32. The Morgan fingerprint density at radius 3 is 2.10 bits per heavy atom. The second-order valence-corrected chi connectivity index (χ2v) is 6.75. The Balaban J connectivity index is 2.94. The van der Waals surface area contributed by atoms with Crippen molar-refractivity contribution in [3.8, 4) is 0 Å². The lowest BCUT2D eigenvalue weighted by molar-refractivity contribution is 0.137. The lowest BCUT2D eigenvalue weighted by Crippen LogP contribution is -2.56. The first kappa shape index (κ1) is 17.2. The van der Waals surface area contributed by atoms with E-state index in [0.717, 1.165) is 13.0 Å². The van der Waals surface area contributed by atoms with E-state index in [4.69, 9.17) is 0 Å². The van der Waals surface area contributed by atoms with Crippen LogP contribution in [0.15, 0.2) is 18.2 Å². The van der Waals surface area contributed by atoms with Crippen molar-refractivity contribution in [3.05, 3.63) is 34.9 Å². The fraction of sp³-hybridized carbons (Fsp3) is 0.667. The highest BCUT2D eigenvalue weighted by molar-refractivity contribution is 5.29. The molecule has 0 aliphatic heterocycles. The van der Waals surface area contributed by atoms with Gasteiger partial charge in [-0.2, -0.15) is 0 Å². The maximum absolute atomic E-state index is 3.74. The van der Waals surface area contributed by atoms with Crippen molar-refractivity contribution in [1.29, 1.82) is 0 Å². The van der Waals surface area contributed by atoms with Crippen molar-refractivity contribution in [2.75, 3.05) is 20.6 Å². The van der Waals surface area contributed by atoms with E-state index in [1.54, 1.807) is 0 Å². The van der Waals surface area contributed by atoms with Crippen LogP contribution in [0.3, 0.4) is 0 Å². The van der Waals surface area contributed by atoms with Gasteiger partial charge >= 0.3 is 0 Å². The van der Waals surface area contributed by atoms with Crippen LogP contribution in [0, 0.1) is 13.8 Å². The summed E-state index contributed by atoms with van der Waals surface area (Å²) in [7, 11) is 4.34. The molecule has 0 heterocycles. The van der Waals surface area contributed by atoms with Crippen LogP contribution in [0.5, 0.6) is 0 Å². The minimum Gasteiger partial charge on any atom is -0.312 e. The molecule has 0 bridgehead atoms. The smallest absolute Gasteiger partial charge is 0.0303 e. The van der Waals surface area contributed by atoms with E-state index in [2.05, 4.69) is 77.1 Å². The minimum absolute atomic E-state index is 0.132. The Morgan fingerprint density at radius 2 is 1.65 bits per heavy atom. The molecule has 1 aromatic rings. The summed E-state index contributed by atoms with van der Waals surface area (Å²) in [6.45, 7) is 12.3. The summed E-state index contributed by atoms with van der Waals surface area (Å²) in [5.74, 6) is 0. The van der Waals surface area contributed by atoms with Crippen molar-refractivity contribution < 1.29 is 0 Å². The number of nitrogens with one attached hydrogen (secondary N) is 1. The van der Waals surface area contributed by atoms with Crippen LogP contribution in [0.25, 0.3) is 0 Å². The van der Waals surface area contributed by atoms with Crippen molar-refractivity contribution in [2.45, 2.75) is 59.0 Å². The highest BCUT2D eigenvalue weighted by Gasteiger charge is 2.31. The number of aryl methyl sites for hydroxylation is 2. The molecule has 0 amide bonds. The maximum atomic E-state index is 3.74. The molecule has 1 rings (SSSR count). The molecular weight excluding hydrogens is 244 g/mol. The summed E-state index contributed by atoms with van der Waals surface area (Å²) in [5, 5.41) is 3.74. The molecule has 20 heavy (non-hydrogen) atoms. The van der Waals surface area contributed by atoms with E-state index in [1.165, 1.54) is 23.1 Å². The molecule has 2 nitrogen and oxygen atoms in total. The molecule has 0 aromatic heterocycles. The van der Waals surface area contributed by atoms with Gasteiger partial charge in [0.15, 0.2) is 0 Å². The summed E-state index contributed by atoms with van der Waals surface area (Å²) in [4.78, 5) is 2.32. The van der Waals surface area contributed by atoms with Crippen LogP contribution in [-0.4, -0.2) is 37.1 Å². The molecule has 1 unspecified atom stereocenters. The van der Waals surface area contributed by atoms with Gasteiger partial charge in [0.2, 0.25) is 0 Å². The molecular formula is C18H32N2. The van der Waals surface area contributed by atoms with Gasteiger partial charge in [0.1, 0.15) is 0 Å². The lowest BCUT2D eigenvalue weighted by Gasteiger charge is -2.41. The third-order valence-corrected chi connectivity index (χ3v) is 4.37. The molecule has 0 aliphatic rings. The third-order valence-electron chi connectivity index (χ3n) is 4.37. The zero-order valence-corrected chi connectivity index (χ0v) is 14.4. The maximum Gasteiger partial charge on any atom is 0.0303 e. The molecule has 0 saturated heterocycles. The summed E-state index contributed by atoms with van der Waals surface area (Å²) in [5.41, 5.74) is 4.28. The van der Waals surface area contributed by atoms with Gasteiger partial charge in [-0.05, 0) is 66.7 Å². The number of hydrogen-bond donors (Lipinski definition) is 1. The molecule has 0 saturated carbocycles. The normalized spacial score (nSPS) is 13.8. The molecule has 2 heteroatoms. The Morgan fingerprint density at radius 1 is 1.10 bits per heavy atom. The monoisotopic (exact) mass is 276 g/mol. The van der Waals surface area contributed by atoms with Gasteiger partial charge in [-0.1, -0.05) is 36.2 Å². The Kier molecular flexibility index (Phi) is 6.22. The van der Waals surface area contributed by atoms with Gasteiger partial charge in [-0.3, -0.25) is 0 Å². The predicted molar refractivity (Wildman–Crippen MR) is 89.5 cm³/mol. The van der Waals surface area contributed by atoms with Gasteiger partial charge in [0, 0.05) is 11.6 Å². The second-order valence-electron chi connectivity index (χ2n) is 6.75. The highest BCUT2D eigenvalue weighted by atomic mass is 15.2. The molecule has 0 radical (unpaired) electrons.